The molecule has 0 atom stereocenters. The van der Waals surface area contributed by atoms with E-state index in [4.69, 9.17) is 0 Å². The van der Waals surface area contributed by atoms with E-state index in [2.05, 4.69) is 15.5 Å². The van der Waals surface area contributed by atoms with E-state index < -0.39 is 4.92 Å². The Morgan fingerprint density at radius 3 is 2.95 bits per heavy atom. The van der Waals surface area contributed by atoms with Crippen LogP contribution in [0.1, 0.15) is 29.0 Å². The van der Waals surface area contributed by atoms with Crippen LogP contribution in [-0.4, -0.2) is 16.1 Å². The standard InChI is InChI=1S/C14H14N4O2S/c19-18(20)12-7-3-1-5-10(12)9-15-17-14-16-11-6-2-4-8-13(11)21-14/h1,3,5,7,9H,2,4,6,8H2,(H,16,17)/b15-9-. The fraction of sp³-hybridized carbons (Fsp3) is 0.286. The van der Waals surface area contributed by atoms with Crippen molar-refractivity contribution in [2.24, 2.45) is 5.10 Å². The van der Waals surface area contributed by atoms with Crippen molar-refractivity contribution >= 4 is 28.4 Å². The number of nitro benzene ring substituents is 1. The third-order valence-corrected chi connectivity index (χ3v) is 4.41. The normalized spacial score (nSPS) is 14.1. The van der Waals surface area contributed by atoms with Gasteiger partial charge in [-0.05, 0) is 31.7 Å². The van der Waals surface area contributed by atoms with E-state index in [0.717, 1.165) is 23.7 Å². The second-order valence-corrected chi connectivity index (χ2v) is 5.87. The van der Waals surface area contributed by atoms with Crippen molar-refractivity contribution in [1.29, 1.82) is 0 Å². The number of anilines is 1. The number of para-hydroxylation sites is 1. The molecule has 0 aliphatic heterocycles. The molecule has 0 unspecified atom stereocenters. The van der Waals surface area contributed by atoms with Gasteiger partial charge in [0.1, 0.15) is 0 Å². The monoisotopic (exact) mass is 302 g/mol. The van der Waals surface area contributed by atoms with Crippen molar-refractivity contribution < 1.29 is 4.92 Å². The number of nitro groups is 1. The first kappa shape index (κ1) is 13.7. The molecule has 21 heavy (non-hydrogen) atoms. The predicted octanol–water partition coefficient (Wildman–Crippen LogP) is 3.38. The summed E-state index contributed by atoms with van der Waals surface area (Å²) in [5.41, 5.74) is 4.54. The van der Waals surface area contributed by atoms with Gasteiger partial charge in [0.2, 0.25) is 5.13 Å². The summed E-state index contributed by atoms with van der Waals surface area (Å²) in [4.78, 5) is 16.3. The summed E-state index contributed by atoms with van der Waals surface area (Å²) >= 11 is 1.61. The lowest BCUT2D eigenvalue weighted by molar-refractivity contribution is -0.385. The maximum Gasteiger partial charge on any atom is 0.278 e. The number of hydrogen-bond acceptors (Lipinski definition) is 6. The number of nitrogens with zero attached hydrogens (tertiary/aromatic N) is 3. The van der Waals surface area contributed by atoms with E-state index in [0.29, 0.717) is 5.56 Å². The van der Waals surface area contributed by atoms with Gasteiger partial charge in [-0.15, -0.1) is 11.3 Å². The molecule has 1 N–H and O–H groups in total. The molecular weight excluding hydrogens is 288 g/mol. The lowest BCUT2D eigenvalue weighted by atomic mass is 10.0. The minimum atomic E-state index is -0.413. The minimum absolute atomic E-state index is 0.0430. The molecule has 0 fully saturated rings. The molecule has 0 bridgehead atoms. The lowest BCUT2D eigenvalue weighted by Crippen LogP contribution is -1.99. The molecule has 2 aromatic rings. The van der Waals surface area contributed by atoms with Gasteiger partial charge in [0.05, 0.1) is 22.4 Å². The van der Waals surface area contributed by atoms with Gasteiger partial charge in [0.25, 0.3) is 5.69 Å². The highest BCUT2D eigenvalue weighted by Gasteiger charge is 2.15. The average molecular weight is 302 g/mol. The summed E-state index contributed by atoms with van der Waals surface area (Å²) in [6, 6.07) is 6.51. The zero-order valence-electron chi connectivity index (χ0n) is 11.3. The molecule has 0 radical (unpaired) electrons. The maximum absolute atomic E-state index is 10.9. The molecule has 0 saturated heterocycles. The van der Waals surface area contributed by atoms with E-state index in [1.165, 1.54) is 30.0 Å². The number of thiazole rings is 1. The Balaban J connectivity index is 1.73. The summed E-state index contributed by atoms with van der Waals surface area (Å²) in [5.74, 6) is 0. The number of aryl methyl sites for hydroxylation is 2. The van der Waals surface area contributed by atoms with E-state index in [-0.39, 0.29) is 5.69 Å². The van der Waals surface area contributed by atoms with Gasteiger partial charge >= 0.3 is 0 Å². The molecular formula is C14H14N4O2S. The maximum atomic E-state index is 10.9. The van der Waals surface area contributed by atoms with Gasteiger partial charge in [-0.25, -0.2) is 4.98 Å². The number of aromatic nitrogens is 1. The van der Waals surface area contributed by atoms with Crippen molar-refractivity contribution in [3.05, 3.63) is 50.5 Å². The molecule has 0 spiro atoms. The fourth-order valence-electron chi connectivity index (χ4n) is 2.32. The van der Waals surface area contributed by atoms with Crippen LogP contribution in [0.2, 0.25) is 0 Å². The summed E-state index contributed by atoms with van der Waals surface area (Å²) in [7, 11) is 0. The number of rotatable bonds is 4. The first-order valence-corrected chi connectivity index (χ1v) is 7.57. The minimum Gasteiger partial charge on any atom is -0.258 e. The van der Waals surface area contributed by atoms with Crippen LogP contribution in [0.3, 0.4) is 0 Å². The molecule has 6 nitrogen and oxygen atoms in total. The fourth-order valence-corrected chi connectivity index (χ4v) is 3.32. The van der Waals surface area contributed by atoms with Crippen LogP contribution >= 0.6 is 11.3 Å². The molecule has 1 aromatic heterocycles. The first-order chi connectivity index (χ1) is 10.2. The zero-order chi connectivity index (χ0) is 14.7. The number of nitrogens with one attached hydrogen (secondary N) is 1. The van der Waals surface area contributed by atoms with E-state index >= 15 is 0 Å². The van der Waals surface area contributed by atoms with Crippen LogP contribution in [0.4, 0.5) is 10.8 Å². The quantitative estimate of drug-likeness (QED) is 0.533. The van der Waals surface area contributed by atoms with Gasteiger partial charge in [-0.2, -0.15) is 5.10 Å². The first-order valence-electron chi connectivity index (χ1n) is 6.75. The van der Waals surface area contributed by atoms with Gasteiger partial charge in [-0.3, -0.25) is 15.5 Å². The number of benzene rings is 1. The molecule has 3 rings (SSSR count). The molecule has 0 amide bonds. The molecule has 1 heterocycles. The van der Waals surface area contributed by atoms with E-state index in [1.807, 2.05) is 0 Å². The molecule has 7 heteroatoms. The molecule has 108 valence electrons. The Labute approximate surface area is 125 Å². The van der Waals surface area contributed by atoms with Crippen molar-refractivity contribution in [2.45, 2.75) is 25.7 Å². The smallest absolute Gasteiger partial charge is 0.258 e. The van der Waals surface area contributed by atoms with E-state index in [1.54, 1.807) is 29.5 Å². The van der Waals surface area contributed by atoms with E-state index in [9.17, 15) is 10.1 Å². The summed E-state index contributed by atoms with van der Waals surface area (Å²) in [6.45, 7) is 0. The third kappa shape index (κ3) is 3.08. The topological polar surface area (TPSA) is 80.4 Å². The Kier molecular flexibility index (Phi) is 3.92. The van der Waals surface area contributed by atoms with Gasteiger partial charge in [0.15, 0.2) is 0 Å². The zero-order valence-corrected chi connectivity index (χ0v) is 12.1. The second-order valence-electron chi connectivity index (χ2n) is 4.78. The third-order valence-electron chi connectivity index (χ3n) is 3.34. The predicted molar refractivity (Wildman–Crippen MR) is 83.1 cm³/mol. The number of hydrazone groups is 1. The SMILES string of the molecule is O=[N+]([O-])c1ccccc1/C=N\Nc1nc2c(s1)CCCC2. The van der Waals surface area contributed by atoms with Crippen molar-refractivity contribution in [2.75, 3.05) is 5.43 Å². The van der Waals surface area contributed by atoms with Gasteiger partial charge < -0.3 is 0 Å². The Hall–Kier alpha value is -2.28. The van der Waals surface area contributed by atoms with Crippen LogP contribution in [0.25, 0.3) is 0 Å². The summed E-state index contributed by atoms with van der Waals surface area (Å²) in [6.07, 6.45) is 5.98. The van der Waals surface area contributed by atoms with Crippen molar-refractivity contribution in [3.8, 4) is 0 Å². The van der Waals surface area contributed by atoms with Gasteiger partial charge in [0, 0.05) is 10.9 Å². The lowest BCUT2D eigenvalue weighted by Gasteiger charge is -2.06. The van der Waals surface area contributed by atoms with Crippen LogP contribution in [0.15, 0.2) is 29.4 Å². The molecule has 1 aliphatic rings. The highest BCUT2D eigenvalue weighted by atomic mass is 32.1. The Morgan fingerprint density at radius 2 is 2.14 bits per heavy atom. The Bertz CT molecular complexity index is 673. The molecule has 1 aliphatic carbocycles. The van der Waals surface area contributed by atoms with Crippen LogP contribution in [-0.2, 0) is 12.8 Å². The van der Waals surface area contributed by atoms with Crippen LogP contribution < -0.4 is 5.43 Å². The largest absolute Gasteiger partial charge is 0.278 e. The number of hydrogen-bond donors (Lipinski definition) is 1. The van der Waals surface area contributed by atoms with Crippen LogP contribution in [0, 0.1) is 10.1 Å². The Morgan fingerprint density at radius 1 is 1.33 bits per heavy atom. The highest BCUT2D eigenvalue weighted by Crippen LogP contribution is 2.29. The van der Waals surface area contributed by atoms with Crippen LogP contribution in [0.5, 0.6) is 0 Å². The van der Waals surface area contributed by atoms with Gasteiger partial charge in [-0.1, -0.05) is 12.1 Å². The average Bonchev–Trinajstić information content (AvgIpc) is 2.90. The highest BCUT2D eigenvalue weighted by molar-refractivity contribution is 7.15. The van der Waals surface area contributed by atoms with Crippen molar-refractivity contribution in [3.63, 3.8) is 0 Å². The molecule has 1 aromatic carbocycles. The summed E-state index contributed by atoms with van der Waals surface area (Å²) < 4.78 is 0. The number of fused-ring (bicyclic) bond motifs is 1. The van der Waals surface area contributed by atoms with Crippen molar-refractivity contribution in [1.82, 2.24) is 4.98 Å². The summed E-state index contributed by atoms with van der Waals surface area (Å²) in [5, 5.41) is 15.7. The second kappa shape index (κ2) is 6.01. The molecule has 0 saturated carbocycles.